The second-order valence-electron chi connectivity index (χ2n) is 4.07. The van der Waals surface area contributed by atoms with Gasteiger partial charge in [-0.1, -0.05) is 29.2 Å². The minimum absolute atomic E-state index is 0.0730. The number of ether oxygens (including phenoxy) is 1. The molecule has 0 fully saturated rings. The van der Waals surface area contributed by atoms with Crippen LogP contribution >= 0.6 is 23.1 Å². The monoisotopic (exact) mass is 309 g/mol. The first-order chi connectivity index (χ1) is 9.58. The molecule has 1 heterocycles. The number of hydrogen-bond acceptors (Lipinski definition) is 6. The molecule has 1 atom stereocenters. The number of benzene rings is 1. The van der Waals surface area contributed by atoms with Gasteiger partial charge in [0.1, 0.15) is 10.8 Å². The zero-order valence-corrected chi connectivity index (χ0v) is 13.0. The van der Waals surface area contributed by atoms with Crippen molar-refractivity contribution >= 4 is 34.7 Å². The molecule has 2 rings (SSSR count). The Bertz CT molecular complexity index is 601. The topological polar surface area (TPSA) is 64.1 Å². The number of nitrogens with zero attached hydrogens (tertiary/aromatic N) is 2. The van der Waals surface area contributed by atoms with Crippen LogP contribution in [0.4, 0.5) is 5.69 Å². The third-order valence-electron chi connectivity index (χ3n) is 2.49. The fraction of sp³-hybridized carbons (Fsp3) is 0.308. The number of rotatable bonds is 5. The van der Waals surface area contributed by atoms with Crippen molar-refractivity contribution in [1.82, 2.24) is 10.2 Å². The summed E-state index contributed by atoms with van der Waals surface area (Å²) in [6.07, 6.45) is 0. The number of thioether (sulfide) groups is 1. The highest BCUT2D eigenvalue weighted by Crippen LogP contribution is 2.27. The average Bonchev–Trinajstić information content (AvgIpc) is 2.84. The summed E-state index contributed by atoms with van der Waals surface area (Å²) in [4.78, 5) is 12.1. The Morgan fingerprint density at radius 3 is 2.90 bits per heavy atom. The van der Waals surface area contributed by atoms with E-state index in [4.69, 9.17) is 4.74 Å². The Balaban J connectivity index is 1.96. The van der Waals surface area contributed by atoms with Crippen LogP contribution in [0.2, 0.25) is 0 Å². The first-order valence-corrected chi connectivity index (χ1v) is 7.70. The van der Waals surface area contributed by atoms with Crippen LogP contribution in [-0.2, 0) is 4.79 Å². The van der Waals surface area contributed by atoms with E-state index in [-0.39, 0.29) is 11.2 Å². The molecule has 0 aliphatic carbocycles. The highest BCUT2D eigenvalue weighted by atomic mass is 32.2. The quantitative estimate of drug-likeness (QED) is 0.860. The van der Waals surface area contributed by atoms with Crippen molar-refractivity contribution < 1.29 is 9.53 Å². The van der Waals surface area contributed by atoms with Gasteiger partial charge in [-0.3, -0.25) is 4.79 Å². The summed E-state index contributed by atoms with van der Waals surface area (Å²) in [5.74, 6) is 0.638. The van der Waals surface area contributed by atoms with E-state index in [2.05, 4.69) is 15.5 Å². The molecule has 0 bridgehead atoms. The Morgan fingerprint density at radius 1 is 1.45 bits per heavy atom. The lowest BCUT2D eigenvalue weighted by Gasteiger charge is -2.11. The molecular formula is C13H15N3O2S2. The first kappa shape index (κ1) is 14.8. The van der Waals surface area contributed by atoms with Crippen LogP contribution in [0.1, 0.15) is 11.9 Å². The maximum Gasteiger partial charge on any atom is 0.237 e. The van der Waals surface area contributed by atoms with E-state index in [1.807, 2.05) is 32.0 Å². The van der Waals surface area contributed by atoms with Gasteiger partial charge in [0.15, 0.2) is 4.34 Å². The van der Waals surface area contributed by atoms with Crippen LogP contribution in [0.25, 0.3) is 0 Å². The molecule has 1 aromatic carbocycles. The lowest BCUT2D eigenvalue weighted by atomic mass is 10.3. The van der Waals surface area contributed by atoms with E-state index in [9.17, 15) is 4.79 Å². The van der Waals surface area contributed by atoms with Crippen LogP contribution in [0.3, 0.4) is 0 Å². The van der Waals surface area contributed by atoms with Crippen molar-refractivity contribution in [3.63, 3.8) is 0 Å². The van der Waals surface area contributed by atoms with Crippen LogP contribution in [-0.4, -0.2) is 28.5 Å². The molecular weight excluding hydrogens is 294 g/mol. The lowest BCUT2D eigenvalue weighted by Crippen LogP contribution is -2.22. The predicted octanol–water partition coefficient (Wildman–Crippen LogP) is 2.97. The van der Waals surface area contributed by atoms with Gasteiger partial charge < -0.3 is 10.1 Å². The molecule has 2 aromatic rings. The molecule has 106 valence electrons. The smallest absolute Gasteiger partial charge is 0.237 e. The molecule has 0 aliphatic heterocycles. The third kappa shape index (κ3) is 3.94. The second-order valence-corrected chi connectivity index (χ2v) is 6.84. The van der Waals surface area contributed by atoms with Crippen LogP contribution in [0.15, 0.2) is 28.6 Å². The van der Waals surface area contributed by atoms with E-state index in [0.717, 1.165) is 15.0 Å². The summed E-state index contributed by atoms with van der Waals surface area (Å²) >= 11 is 2.89. The Hall–Kier alpha value is -1.60. The van der Waals surface area contributed by atoms with Gasteiger partial charge in [0.25, 0.3) is 0 Å². The first-order valence-electron chi connectivity index (χ1n) is 6.00. The largest absolute Gasteiger partial charge is 0.497 e. The predicted molar refractivity (Wildman–Crippen MR) is 81.6 cm³/mol. The Kier molecular flexibility index (Phi) is 4.97. The summed E-state index contributed by atoms with van der Waals surface area (Å²) < 4.78 is 5.92. The fourth-order valence-electron chi connectivity index (χ4n) is 1.48. The maximum atomic E-state index is 12.1. The van der Waals surface area contributed by atoms with E-state index in [0.29, 0.717) is 5.75 Å². The SMILES string of the molecule is COc1cccc(NC(=O)[C@@H](C)Sc2nnc(C)s2)c1. The van der Waals surface area contributed by atoms with Crippen molar-refractivity contribution in [3.05, 3.63) is 29.3 Å². The van der Waals surface area contributed by atoms with Crippen molar-refractivity contribution in [1.29, 1.82) is 0 Å². The van der Waals surface area contributed by atoms with Crippen LogP contribution in [0.5, 0.6) is 5.75 Å². The molecule has 0 saturated heterocycles. The van der Waals surface area contributed by atoms with Crippen LogP contribution < -0.4 is 10.1 Å². The zero-order valence-electron chi connectivity index (χ0n) is 11.4. The van der Waals surface area contributed by atoms with E-state index in [1.165, 1.54) is 23.1 Å². The van der Waals surface area contributed by atoms with Gasteiger partial charge >= 0.3 is 0 Å². The molecule has 5 nitrogen and oxygen atoms in total. The number of aryl methyl sites for hydroxylation is 1. The van der Waals surface area contributed by atoms with Gasteiger partial charge in [-0.05, 0) is 26.0 Å². The van der Waals surface area contributed by atoms with E-state index in [1.54, 1.807) is 13.2 Å². The number of carbonyl (C=O) groups excluding carboxylic acids is 1. The second kappa shape index (κ2) is 6.71. The lowest BCUT2D eigenvalue weighted by molar-refractivity contribution is -0.115. The zero-order chi connectivity index (χ0) is 14.5. The number of carbonyl (C=O) groups is 1. The van der Waals surface area contributed by atoms with Crippen LogP contribution in [0, 0.1) is 6.92 Å². The van der Waals surface area contributed by atoms with Gasteiger partial charge in [0.2, 0.25) is 5.91 Å². The summed E-state index contributed by atoms with van der Waals surface area (Å²) in [6.45, 7) is 3.74. The number of methoxy groups -OCH3 is 1. The summed E-state index contributed by atoms with van der Waals surface area (Å²) in [5, 5.41) is 11.5. The van der Waals surface area contributed by atoms with Gasteiger partial charge in [0, 0.05) is 11.8 Å². The maximum absolute atomic E-state index is 12.1. The van der Waals surface area contributed by atoms with Crippen molar-refractivity contribution in [2.24, 2.45) is 0 Å². The minimum atomic E-state index is -0.242. The Morgan fingerprint density at radius 2 is 2.25 bits per heavy atom. The fourth-order valence-corrected chi connectivity index (χ4v) is 3.44. The number of hydrogen-bond donors (Lipinski definition) is 1. The molecule has 7 heteroatoms. The molecule has 1 N–H and O–H groups in total. The van der Waals surface area contributed by atoms with Gasteiger partial charge in [0.05, 0.1) is 12.4 Å². The van der Waals surface area contributed by atoms with E-state index >= 15 is 0 Å². The molecule has 0 saturated carbocycles. The van der Waals surface area contributed by atoms with Crippen molar-refractivity contribution in [2.75, 3.05) is 12.4 Å². The molecule has 0 aliphatic rings. The minimum Gasteiger partial charge on any atom is -0.497 e. The highest BCUT2D eigenvalue weighted by molar-refractivity contribution is 8.02. The summed E-state index contributed by atoms with van der Waals surface area (Å²) in [7, 11) is 1.59. The third-order valence-corrected chi connectivity index (χ3v) is 4.51. The van der Waals surface area contributed by atoms with Crippen molar-refractivity contribution in [2.45, 2.75) is 23.4 Å². The number of nitrogens with one attached hydrogen (secondary N) is 1. The van der Waals surface area contributed by atoms with E-state index < -0.39 is 0 Å². The molecule has 1 aromatic heterocycles. The van der Waals surface area contributed by atoms with Gasteiger partial charge in [-0.15, -0.1) is 10.2 Å². The van der Waals surface area contributed by atoms with Crippen molar-refractivity contribution in [3.8, 4) is 5.75 Å². The highest BCUT2D eigenvalue weighted by Gasteiger charge is 2.17. The molecule has 1 amide bonds. The number of anilines is 1. The van der Waals surface area contributed by atoms with Gasteiger partial charge in [-0.2, -0.15) is 0 Å². The standard InChI is InChI=1S/C13H15N3O2S2/c1-8(19-13-16-15-9(2)20-13)12(17)14-10-5-4-6-11(7-10)18-3/h4-8H,1-3H3,(H,14,17)/t8-/m1/s1. The normalized spacial score (nSPS) is 11.9. The Labute approximate surface area is 125 Å². The molecule has 0 radical (unpaired) electrons. The molecule has 0 unspecified atom stereocenters. The average molecular weight is 309 g/mol. The summed E-state index contributed by atoms with van der Waals surface area (Å²) in [5.41, 5.74) is 0.718. The number of aromatic nitrogens is 2. The molecule has 0 spiro atoms. The van der Waals surface area contributed by atoms with Gasteiger partial charge in [-0.25, -0.2) is 0 Å². The summed E-state index contributed by atoms with van der Waals surface area (Å²) in [6, 6.07) is 7.27. The number of amides is 1. The molecule has 20 heavy (non-hydrogen) atoms.